The second-order valence-corrected chi connectivity index (χ2v) is 7.77. The van der Waals surface area contributed by atoms with E-state index < -0.39 is 0 Å². The van der Waals surface area contributed by atoms with E-state index in [9.17, 15) is 0 Å². The van der Waals surface area contributed by atoms with Crippen LogP contribution >= 0.6 is 35.0 Å². The number of halogens is 2. The molecule has 0 saturated carbocycles. The Kier molecular flexibility index (Phi) is 8.26. The van der Waals surface area contributed by atoms with Crippen LogP contribution in [0.25, 0.3) is 0 Å². The molecule has 2 aliphatic heterocycles. The number of benzene rings is 2. The highest BCUT2D eigenvalue weighted by Crippen LogP contribution is 2.35. The van der Waals surface area contributed by atoms with Crippen molar-refractivity contribution in [1.29, 1.82) is 0 Å². The summed E-state index contributed by atoms with van der Waals surface area (Å²) in [6.45, 7) is 6.79. The molecule has 2 aromatic rings. The van der Waals surface area contributed by atoms with Gasteiger partial charge in [-0.25, -0.2) is 0 Å². The Hall–Kier alpha value is -1.23. The van der Waals surface area contributed by atoms with Gasteiger partial charge in [-0.05, 0) is 36.4 Å². The summed E-state index contributed by atoms with van der Waals surface area (Å²) < 4.78 is 5.45. The molecule has 0 fully saturated rings. The van der Waals surface area contributed by atoms with Gasteiger partial charge in [-0.15, -0.1) is 11.8 Å². The molecule has 0 bridgehead atoms. The first-order valence-corrected chi connectivity index (χ1v) is 10.6. The Morgan fingerprint density at radius 3 is 2.23 bits per heavy atom. The van der Waals surface area contributed by atoms with Gasteiger partial charge in [0.15, 0.2) is 0 Å². The van der Waals surface area contributed by atoms with E-state index in [-0.39, 0.29) is 0 Å². The van der Waals surface area contributed by atoms with Gasteiger partial charge >= 0.3 is 0 Å². The molecular formula is C20H26Cl2N2OS. The molecule has 142 valence electrons. The average Bonchev–Trinajstić information content (AvgIpc) is 2.65. The van der Waals surface area contributed by atoms with Gasteiger partial charge in [0, 0.05) is 41.3 Å². The monoisotopic (exact) mass is 412 g/mol. The highest BCUT2D eigenvalue weighted by Gasteiger charge is 2.14. The third kappa shape index (κ3) is 5.38. The number of fused-ring (bicyclic) bond motifs is 2. The van der Waals surface area contributed by atoms with Crippen LogP contribution in [0, 0.1) is 0 Å². The minimum Gasteiger partial charge on any atom is -0.490 e. The highest BCUT2D eigenvalue weighted by molar-refractivity contribution is 7.99. The lowest BCUT2D eigenvalue weighted by atomic mass is 10.2. The SMILES string of the molecule is CC.CN1CCOc2ccc(Cl)cc21.CN1CCSc2ccc(Cl)cc21. The molecule has 2 heterocycles. The Morgan fingerprint density at radius 2 is 1.50 bits per heavy atom. The first-order valence-electron chi connectivity index (χ1n) is 8.81. The Balaban J connectivity index is 0.000000171. The molecule has 4 rings (SSSR count). The van der Waals surface area contributed by atoms with Crippen LogP contribution in [-0.4, -0.2) is 39.5 Å². The summed E-state index contributed by atoms with van der Waals surface area (Å²) in [7, 11) is 4.15. The minimum absolute atomic E-state index is 0.755. The lowest BCUT2D eigenvalue weighted by Crippen LogP contribution is -2.28. The topological polar surface area (TPSA) is 15.7 Å². The van der Waals surface area contributed by atoms with Crippen molar-refractivity contribution in [2.45, 2.75) is 18.7 Å². The number of anilines is 2. The normalized spacial score (nSPS) is 14.7. The summed E-state index contributed by atoms with van der Waals surface area (Å²) in [6.07, 6.45) is 0. The second kappa shape index (κ2) is 10.2. The fourth-order valence-corrected chi connectivity index (χ4v) is 4.09. The van der Waals surface area contributed by atoms with E-state index in [1.807, 2.05) is 63.0 Å². The van der Waals surface area contributed by atoms with Gasteiger partial charge in [0.2, 0.25) is 0 Å². The highest BCUT2D eigenvalue weighted by atomic mass is 35.5. The maximum Gasteiger partial charge on any atom is 0.142 e. The van der Waals surface area contributed by atoms with E-state index in [2.05, 4.69) is 22.9 Å². The number of rotatable bonds is 0. The van der Waals surface area contributed by atoms with Gasteiger partial charge in [-0.2, -0.15) is 0 Å². The largest absolute Gasteiger partial charge is 0.490 e. The predicted molar refractivity (Wildman–Crippen MR) is 117 cm³/mol. The van der Waals surface area contributed by atoms with Crippen LogP contribution < -0.4 is 14.5 Å². The van der Waals surface area contributed by atoms with Crippen molar-refractivity contribution in [3.05, 3.63) is 46.4 Å². The van der Waals surface area contributed by atoms with Gasteiger partial charge < -0.3 is 14.5 Å². The molecule has 6 heteroatoms. The van der Waals surface area contributed by atoms with Crippen LogP contribution in [0.2, 0.25) is 10.0 Å². The molecule has 0 radical (unpaired) electrons. The van der Waals surface area contributed by atoms with E-state index in [0.717, 1.165) is 41.2 Å². The number of thioether (sulfide) groups is 1. The third-order valence-electron chi connectivity index (χ3n) is 4.03. The summed E-state index contributed by atoms with van der Waals surface area (Å²) >= 11 is 13.7. The molecule has 26 heavy (non-hydrogen) atoms. The van der Waals surface area contributed by atoms with E-state index in [4.69, 9.17) is 27.9 Å². The maximum atomic E-state index is 5.91. The summed E-state index contributed by atoms with van der Waals surface area (Å²) in [5.74, 6) is 2.10. The van der Waals surface area contributed by atoms with Crippen LogP contribution in [0.15, 0.2) is 41.3 Å². The van der Waals surface area contributed by atoms with E-state index in [0.29, 0.717) is 0 Å². The van der Waals surface area contributed by atoms with Crippen molar-refractivity contribution in [3.8, 4) is 5.75 Å². The molecular weight excluding hydrogens is 387 g/mol. The zero-order valence-electron chi connectivity index (χ0n) is 15.8. The van der Waals surface area contributed by atoms with Crippen LogP contribution in [-0.2, 0) is 0 Å². The summed E-state index contributed by atoms with van der Waals surface area (Å²) in [5, 5.41) is 1.58. The number of ether oxygens (including phenoxy) is 1. The zero-order valence-corrected chi connectivity index (χ0v) is 18.1. The molecule has 0 saturated heterocycles. The van der Waals surface area contributed by atoms with Crippen molar-refractivity contribution in [1.82, 2.24) is 0 Å². The Bertz CT molecular complexity index is 665. The molecule has 2 aliphatic rings. The maximum absolute atomic E-state index is 5.91. The molecule has 3 nitrogen and oxygen atoms in total. The summed E-state index contributed by atoms with van der Waals surface area (Å²) in [4.78, 5) is 5.73. The van der Waals surface area contributed by atoms with Gasteiger partial charge in [0.25, 0.3) is 0 Å². The third-order valence-corrected chi connectivity index (χ3v) is 5.55. The van der Waals surface area contributed by atoms with Gasteiger partial charge in [-0.1, -0.05) is 37.0 Å². The number of hydrogen-bond donors (Lipinski definition) is 0. The molecule has 0 amide bonds. The van der Waals surface area contributed by atoms with Gasteiger partial charge in [-0.3, -0.25) is 0 Å². The van der Waals surface area contributed by atoms with Crippen molar-refractivity contribution in [3.63, 3.8) is 0 Å². The number of hydrogen-bond acceptors (Lipinski definition) is 4. The molecule has 0 aromatic heterocycles. The average molecular weight is 413 g/mol. The molecule has 0 N–H and O–H groups in total. The molecule has 2 aromatic carbocycles. The number of nitrogens with zero attached hydrogens (tertiary/aromatic N) is 2. The van der Waals surface area contributed by atoms with Crippen LogP contribution in [0.4, 0.5) is 11.4 Å². The lowest BCUT2D eigenvalue weighted by molar-refractivity contribution is 0.311. The van der Waals surface area contributed by atoms with Crippen molar-refractivity contribution in [2.75, 3.05) is 49.3 Å². The van der Waals surface area contributed by atoms with Gasteiger partial charge in [0.1, 0.15) is 12.4 Å². The second-order valence-electron chi connectivity index (χ2n) is 5.76. The van der Waals surface area contributed by atoms with Crippen LogP contribution in [0.5, 0.6) is 5.75 Å². The molecule has 0 spiro atoms. The van der Waals surface area contributed by atoms with Crippen molar-refractivity contribution in [2.24, 2.45) is 0 Å². The predicted octanol–water partition coefficient (Wildman–Crippen LogP) is 6.08. The fraction of sp³-hybridized carbons (Fsp3) is 0.400. The minimum atomic E-state index is 0.755. The van der Waals surface area contributed by atoms with Crippen LogP contribution in [0.1, 0.15) is 13.8 Å². The fourth-order valence-electron chi connectivity index (χ4n) is 2.65. The molecule has 0 aliphatic carbocycles. The van der Waals surface area contributed by atoms with E-state index in [1.165, 1.54) is 16.3 Å². The zero-order chi connectivity index (χ0) is 19.1. The van der Waals surface area contributed by atoms with E-state index >= 15 is 0 Å². The lowest BCUT2D eigenvalue weighted by Gasteiger charge is -2.27. The number of likely N-dealkylation sites (N-methyl/N-ethyl adjacent to an activating group) is 1. The van der Waals surface area contributed by atoms with E-state index in [1.54, 1.807) is 0 Å². The Morgan fingerprint density at radius 1 is 0.885 bits per heavy atom. The smallest absolute Gasteiger partial charge is 0.142 e. The quantitative estimate of drug-likeness (QED) is 0.520. The molecule has 0 atom stereocenters. The first-order chi connectivity index (χ1) is 12.5. The standard InChI is InChI=1S/C9H10ClNO.C9H10ClNS.C2H6/c2*1-11-4-5-12-9-3-2-7(10)6-8(9)11;1-2/h2*2-3,6H,4-5H2,1H3;1-2H3. The van der Waals surface area contributed by atoms with Crippen molar-refractivity contribution < 1.29 is 4.74 Å². The van der Waals surface area contributed by atoms with Crippen LogP contribution in [0.3, 0.4) is 0 Å². The first kappa shape index (κ1) is 21.1. The molecule has 0 unspecified atom stereocenters. The Labute approximate surface area is 171 Å². The van der Waals surface area contributed by atoms with Crippen molar-refractivity contribution >= 4 is 46.3 Å². The summed E-state index contributed by atoms with van der Waals surface area (Å²) in [6, 6.07) is 11.8. The summed E-state index contributed by atoms with van der Waals surface area (Å²) in [5.41, 5.74) is 2.34. The van der Waals surface area contributed by atoms with Gasteiger partial charge in [0.05, 0.1) is 17.9 Å².